The van der Waals surface area contributed by atoms with Crippen LogP contribution >= 0.6 is 0 Å². The van der Waals surface area contributed by atoms with Crippen LogP contribution in [0.3, 0.4) is 0 Å². The molecule has 0 heterocycles. The van der Waals surface area contributed by atoms with Gasteiger partial charge in [0.2, 0.25) is 0 Å². The van der Waals surface area contributed by atoms with Gasteiger partial charge in [-0.3, -0.25) is 0 Å². The van der Waals surface area contributed by atoms with Gasteiger partial charge in [0.1, 0.15) is 5.75 Å². The normalized spacial score (nSPS) is 38.3. The summed E-state index contributed by atoms with van der Waals surface area (Å²) >= 11 is 0. The molecule has 2 N–H and O–H groups in total. The number of rotatable bonds is 1. The highest BCUT2D eigenvalue weighted by molar-refractivity contribution is 5.47. The Labute approximate surface area is 138 Å². The van der Waals surface area contributed by atoms with E-state index >= 15 is 0 Å². The number of phenolic OH excluding ortho intramolecular Hbond substituents is 1. The van der Waals surface area contributed by atoms with Crippen LogP contribution < -0.4 is 0 Å². The van der Waals surface area contributed by atoms with Crippen molar-refractivity contribution in [2.75, 3.05) is 0 Å². The number of aliphatic hydroxyl groups excluding tert-OH is 1. The van der Waals surface area contributed by atoms with Crippen molar-refractivity contribution in [3.05, 3.63) is 28.8 Å². The summed E-state index contributed by atoms with van der Waals surface area (Å²) in [5, 5.41) is 29.6. The molecule has 3 nitrogen and oxygen atoms in total. The molecule has 3 heteroatoms. The van der Waals surface area contributed by atoms with Crippen molar-refractivity contribution in [2.24, 2.45) is 17.3 Å². The van der Waals surface area contributed by atoms with Crippen LogP contribution in [-0.4, -0.2) is 16.3 Å². The van der Waals surface area contributed by atoms with Gasteiger partial charge in [0.25, 0.3) is 0 Å². The number of aromatic hydroxyl groups is 1. The van der Waals surface area contributed by atoms with Crippen LogP contribution in [0.15, 0.2) is 12.1 Å². The second-order valence-corrected chi connectivity index (χ2v) is 8.07. The van der Waals surface area contributed by atoms with Crippen LogP contribution in [0, 0.1) is 28.6 Å². The minimum atomic E-state index is -0.145. The average Bonchev–Trinajstić information content (AvgIpc) is 2.82. The second kappa shape index (κ2) is 5.24. The smallest absolute Gasteiger partial charge is 0.116 e. The van der Waals surface area contributed by atoms with Crippen molar-refractivity contribution >= 4 is 0 Å². The lowest BCUT2D eigenvalue weighted by Gasteiger charge is -2.50. The monoisotopic (exact) mass is 311 g/mol. The molecule has 4 rings (SSSR count). The van der Waals surface area contributed by atoms with E-state index < -0.39 is 0 Å². The predicted octanol–water partition coefficient (Wildman–Crippen LogP) is 3.68. The average molecular weight is 311 g/mol. The van der Waals surface area contributed by atoms with E-state index in [1.807, 2.05) is 6.07 Å². The molecule has 3 aliphatic rings. The van der Waals surface area contributed by atoms with E-state index in [1.54, 1.807) is 6.07 Å². The van der Waals surface area contributed by atoms with Crippen LogP contribution in [0.2, 0.25) is 0 Å². The Morgan fingerprint density at radius 2 is 2.09 bits per heavy atom. The number of aryl methyl sites for hydroxylation is 1. The van der Waals surface area contributed by atoms with E-state index in [1.165, 1.54) is 11.1 Å². The molecule has 0 aromatic heterocycles. The summed E-state index contributed by atoms with van der Waals surface area (Å²) in [4.78, 5) is 0. The van der Waals surface area contributed by atoms with Crippen LogP contribution in [0.5, 0.6) is 5.75 Å². The third-order valence-electron chi connectivity index (χ3n) is 7.11. The predicted molar refractivity (Wildman–Crippen MR) is 88.0 cm³/mol. The van der Waals surface area contributed by atoms with Gasteiger partial charge in [0.05, 0.1) is 18.6 Å². The molecule has 2 saturated carbocycles. The summed E-state index contributed by atoms with van der Waals surface area (Å²) in [6, 6.07) is 5.97. The summed E-state index contributed by atoms with van der Waals surface area (Å²) in [7, 11) is 0. The first kappa shape index (κ1) is 15.0. The zero-order valence-corrected chi connectivity index (χ0v) is 13.8. The van der Waals surface area contributed by atoms with Crippen molar-refractivity contribution in [1.82, 2.24) is 0 Å². The first-order valence-electron chi connectivity index (χ1n) is 8.94. The highest BCUT2D eigenvalue weighted by Crippen LogP contribution is 2.61. The third kappa shape index (κ3) is 2.11. The van der Waals surface area contributed by atoms with E-state index in [4.69, 9.17) is 5.26 Å². The minimum absolute atomic E-state index is 0.0883. The SMILES string of the molecule is C[C@]12CC[C@@H]3c4c(CC#N)cc(O)cc4CC[C@H]3[C@@H]1CC[C@@H]2O. The Morgan fingerprint density at radius 1 is 1.26 bits per heavy atom. The van der Waals surface area contributed by atoms with E-state index in [0.717, 1.165) is 44.1 Å². The molecule has 1 aromatic carbocycles. The summed E-state index contributed by atoms with van der Waals surface area (Å²) in [5.41, 5.74) is 3.72. The minimum Gasteiger partial charge on any atom is -0.508 e. The molecule has 0 amide bonds. The summed E-state index contributed by atoms with van der Waals surface area (Å²) in [5.74, 6) is 2.03. The quantitative estimate of drug-likeness (QED) is 0.831. The fourth-order valence-electron chi connectivity index (χ4n) is 6.02. The number of nitrogens with zero attached hydrogens (tertiary/aromatic N) is 1. The van der Waals surface area contributed by atoms with Crippen LogP contribution in [-0.2, 0) is 12.8 Å². The van der Waals surface area contributed by atoms with E-state index in [0.29, 0.717) is 29.9 Å². The zero-order valence-electron chi connectivity index (χ0n) is 13.8. The standard InChI is InChI=1S/C20H25NO2/c1-20-8-6-16-15(17(20)4-5-18(20)23)3-2-12-10-14(22)11-13(7-9-21)19(12)16/h10-11,15-18,22-23H,2-8H2,1H3/t15-,16+,17+,18+,20+/m1/s1. The van der Waals surface area contributed by atoms with Crippen molar-refractivity contribution in [2.45, 2.75) is 63.9 Å². The summed E-state index contributed by atoms with van der Waals surface area (Å²) in [6.45, 7) is 2.29. The molecule has 0 radical (unpaired) electrons. The van der Waals surface area contributed by atoms with Gasteiger partial charge in [-0.05, 0) is 90.5 Å². The van der Waals surface area contributed by atoms with Gasteiger partial charge in [-0.1, -0.05) is 6.92 Å². The number of fused-ring (bicyclic) bond motifs is 5. The molecule has 0 saturated heterocycles. The molecule has 0 spiro atoms. The maximum atomic E-state index is 10.5. The van der Waals surface area contributed by atoms with Crippen LogP contribution in [0.4, 0.5) is 0 Å². The topological polar surface area (TPSA) is 64.2 Å². The molecular formula is C20H25NO2. The fraction of sp³-hybridized carbons (Fsp3) is 0.650. The zero-order chi connectivity index (χ0) is 16.2. The van der Waals surface area contributed by atoms with Gasteiger partial charge in [-0.25, -0.2) is 0 Å². The molecule has 23 heavy (non-hydrogen) atoms. The Hall–Kier alpha value is -1.53. The molecule has 0 aliphatic heterocycles. The Bertz CT molecular complexity index is 677. The molecule has 0 unspecified atom stereocenters. The fourth-order valence-corrected chi connectivity index (χ4v) is 6.02. The van der Waals surface area contributed by atoms with Crippen molar-refractivity contribution < 1.29 is 10.2 Å². The maximum Gasteiger partial charge on any atom is 0.116 e. The van der Waals surface area contributed by atoms with Gasteiger partial charge in [0.15, 0.2) is 0 Å². The molecule has 1 aromatic rings. The van der Waals surface area contributed by atoms with Crippen LogP contribution in [0.25, 0.3) is 0 Å². The first-order valence-corrected chi connectivity index (χ1v) is 8.94. The number of hydrogen-bond acceptors (Lipinski definition) is 3. The molecule has 5 atom stereocenters. The largest absolute Gasteiger partial charge is 0.508 e. The lowest BCUT2D eigenvalue weighted by Crippen LogP contribution is -2.44. The number of aliphatic hydroxyl groups is 1. The molecular weight excluding hydrogens is 286 g/mol. The molecule has 3 aliphatic carbocycles. The molecule has 122 valence electrons. The Kier molecular flexibility index (Phi) is 3.43. The molecule has 2 fully saturated rings. The van der Waals surface area contributed by atoms with Gasteiger partial charge in [-0.15, -0.1) is 0 Å². The first-order chi connectivity index (χ1) is 11.0. The number of benzene rings is 1. The second-order valence-electron chi connectivity index (χ2n) is 8.07. The third-order valence-corrected chi connectivity index (χ3v) is 7.11. The Balaban J connectivity index is 1.76. The van der Waals surface area contributed by atoms with Gasteiger partial charge >= 0.3 is 0 Å². The van der Waals surface area contributed by atoms with Crippen molar-refractivity contribution in [1.29, 1.82) is 5.26 Å². The van der Waals surface area contributed by atoms with Gasteiger partial charge in [-0.2, -0.15) is 5.26 Å². The number of phenols is 1. The summed E-state index contributed by atoms with van der Waals surface area (Å²) in [6.07, 6.45) is 6.64. The van der Waals surface area contributed by atoms with Crippen molar-refractivity contribution in [3.8, 4) is 11.8 Å². The number of hydrogen-bond donors (Lipinski definition) is 2. The van der Waals surface area contributed by atoms with Gasteiger partial charge in [0, 0.05) is 0 Å². The number of nitriles is 1. The van der Waals surface area contributed by atoms with E-state index in [-0.39, 0.29) is 11.5 Å². The van der Waals surface area contributed by atoms with Crippen LogP contribution in [0.1, 0.15) is 61.6 Å². The lowest BCUT2D eigenvalue weighted by atomic mass is 9.55. The van der Waals surface area contributed by atoms with Gasteiger partial charge < -0.3 is 10.2 Å². The molecule has 0 bridgehead atoms. The Morgan fingerprint density at radius 3 is 2.87 bits per heavy atom. The highest BCUT2D eigenvalue weighted by atomic mass is 16.3. The van der Waals surface area contributed by atoms with E-state index in [2.05, 4.69) is 13.0 Å². The summed E-state index contributed by atoms with van der Waals surface area (Å²) < 4.78 is 0. The van der Waals surface area contributed by atoms with E-state index in [9.17, 15) is 10.2 Å². The van der Waals surface area contributed by atoms with Crippen molar-refractivity contribution in [3.63, 3.8) is 0 Å². The lowest BCUT2D eigenvalue weighted by molar-refractivity contribution is -0.0227. The maximum absolute atomic E-state index is 10.5. The highest BCUT2D eigenvalue weighted by Gasteiger charge is 2.54.